The van der Waals surface area contributed by atoms with Gasteiger partial charge in [-0.05, 0) is 30.5 Å². The summed E-state index contributed by atoms with van der Waals surface area (Å²) in [5, 5.41) is 9.61. The van der Waals surface area contributed by atoms with Gasteiger partial charge in [-0.3, -0.25) is 0 Å². The highest BCUT2D eigenvalue weighted by Gasteiger charge is 2.63. The predicted octanol–water partition coefficient (Wildman–Crippen LogP) is 2.49. The lowest BCUT2D eigenvalue weighted by Gasteiger charge is -2.48. The van der Waals surface area contributed by atoms with Crippen LogP contribution in [-0.2, 0) is 10.2 Å². The first-order valence-electron chi connectivity index (χ1n) is 5.67. The second-order valence-electron chi connectivity index (χ2n) is 5.02. The van der Waals surface area contributed by atoms with Gasteiger partial charge in [0.15, 0.2) is 0 Å². The summed E-state index contributed by atoms with van der Waals surface area (Å²) < 4.78 is 6.53. The molecule has 0 spiro atoms. The molecular weight excluding hydrogens is 268 g/mol. The Bertz CT molecular complexity index is 391. The summed E-state index contributed by atoms with van der Waals surface area (Å²) >= 11 is 3.45. The molecular formula is C13H15BrO2. The molecule has 16 heavy (non-hydrogen) atoms. The van der Waals surface area contributed by atoms with E-state index < -0.39 is 0 Å². The molecule has 3 rings (SSSR count). The molecule has 3 heteroatoms. The Morgan fingerprint density at radius 1 is 1.19 bits per heavy atom. The minimum atomic E-state index is 0.0719. The van der Waals surface area contributed by atoms with E-state index in [1.54, 1.807) is 0 Å². The normalized spacial score (nSPS) is 24.9. The van der Waals surface area contributed by atoms with Crippen molar-refractivity contribution in [3.05, 3.63) is 34.3 Å². The lowest BCUT2D eigenvalue weighted by molar-refractivity contribution is -0.110. The Morgan fingerprint density at radius 3 is 2.19 bits per heavy atom. The third kappa shape index (κ3) is 1.31. The molecule has 2 aliphatic rings. The number of ether oxygens (including phenoxy) is 1. The molecule has 0 atom stereocenters. The van der Waals surface area contributed by atoms with E-state index in [2.05, 4.69) is 40.2 Å². The van der Waals surface area contributed by atoms with E-state index in [1.807, 2.05) is 0 Å². The number of aliphatic hydroxyl groups is 1. The third-order valence-electron chi connectivity index (χ3n) is 4.27. The third-order valence-corrected chi connectivity index (χ3v) is 4.79. The van der Waals surface area contributed by atoms with E-state index in [0.717, 1.165) is 30.5 Å². The van der Waals surface area contributed by atoms with Gasteiger partial charge in [0, 0.05) is 21.9 Å². The summed E-state index contributed by atoms with van der Waals surface area (Å²) in [6.45, 7) is 1.80. The Balaban J connectivity index is 1.99. The van der Waals surface area contributed by atoms with Crippen molar-refractivity contribution in [3.63, 3.8) is 0 Å². The van der Waals surface area contributed by atoms with Gasteiger partial charge in [0.05, 0.1) is 13.2 Å². The summed E-state index contributed by atoms with van der Waals surface area (Å²) in [7, 11) is 0. The second-order valence-corrected chi connectivity index (χ2v) is 5.94. The van der Waals surface area contributed by atoms with Gasteiger partial charge in [-0.1, -0.05) is 28.1 Å². The molecule has 1 saturated carbocycles. The van der Waals surface area contributed by atoms with Crippen molar-refractivity contribution in [2.75, 3.05) is 19.8 Å². The standard InChI is InChI=1S/C13H15BrO2/c14-11-3-1-10(2-4-11)13(8-16-9-13)12(7-15)5-6-12/h1-4,15H,5-9H2. The van der Waals surface area contributed by atoms with E-state index in [-0.39, 0.29) is 17.4 Å². The van der Waals surface area contributed by atoms with E-state index >= 15 is 0 Å². The molecule has 1 aromatic carbocycles. The minimum absolute atomic E-state index is 0.0719. The molecule has 86 valence electrons. The molecule has 0 aromatic heterocycles. The monoisotopic (exact) mass is 282 g/mol. The number of hydrogen-bond donors (Lipinski definition) is 1. The molecule has 1 heterocycles. The van der Waals surface area contributed by atoms with Crippen LogP contribution in [0.4, 0.5) is 0 Å². The van der Waals surface area contributed by atoms with Gasteiger partial charge in [-0.2, -0.15) is 0 Å². The first-order chi connectivity index (χ1) is 7.72. The largest absolute Gasteiger partial charge is 0.396 e. The smallest absolute Gasteiger partial charge is 0.0591 e. The average Bonchev–Trinajstić information content (AvgIpc) is 3.01. The minimum Gasteiger partial charge on any atom is -0.396 e. The van der Waals surface area contributed by atoms with E-state index in [4.69, 9.17) is 4.74 Å². The van der Waals surface area contributed by atoms with Gasteiger partial charge in [-0.25, -0.2) is 0 Å². The fourth-order valence-corrected chi connectivity index (χ4v) is 3.06. The molecule has 0 unspecified atom stereocenters. The van der Waals surface area contributed by atoms with Crippen molar-refractivity contribution in [2.45, 2.75) is 18.3 Å². The Kier molecular flexibility index (Phi) is 2.39. The van der Waals surface area contributed by atoms with Crippen molar-refractivity contribution in [1.82, 2.24) is 0 Å². The van der Waals surface area contributed by atoms with Gasteiger partial charge >= 0.3 is 0 Å². The van der Waals surface area contributed by atoms with Crippen LogP contribution in [0.3, 0.4) is 0 Å². The highest BCUT2D eigenvalue weighted by molar-refractivity contribution is 9.10. The van der Waals surface area contributed by atoms with Gasteiger partial charge in [0.25, 0.3) is 0 Å². The lowest BCUT2D eigenvalue weighted by atomic mass is 9.66. The zero-order valence-electron chi connectivity index (χ0n) is 9.08. The molecule has 2 fully saturated rings. The SMILES string of the molecule is OCC1(C2(c3ccc(Br)cc3)COC2)CC1. The quantitative estimate of drug-likeness (QED) is 0.923. The van der Waals surface area contributed by atoms with Gasteiger partial charge in [0.1, 0.15) is 0 Å². The molecule has 0 radical (unpaired) electrons. The number of halogens is 1. The Labute approximate surface area is 104 Å². The summed E-state index contributed by atoms with van der Waals surface area (Å²) in [5.41, 5.74) is 1.48. The molecule has 0 bridgehead atoms. The first kappa shape index (κ1) is 10.8. The van der Waals surface area contributed by atoms with E-state index in [1.165, 1.54) is 5.56 Å². The maximum absolute atomic E-state index is 9.61. The summed E-state index contributed by atoms with van der Waals surface area (Å²) in [6, 6.07) is 8.45. The molecule has 1 aliphatic carbocycles. The summed E-state index contributed by atoms with van der Waals surface area (Å²) in [5.74, 6) is 0. The van der Waals surface area contributed by atoms with Crippen molar-refractivity contribution in [3.8, 4) is 0 Å². The zero-order valence-corrected chi connectivity index (χ0v) is 10.7. The van der Waals surface area contributed by atoms with Crippen LogP contribution in [0.15, 0.2) is 28.7 Å². The van der Waals surface area contributed by atoms with Gasteiger partial charge < -0.3 is 9.84 Å². The second kappa shape index (κ2) is 3.56. The van der Waals surface area contributed by atoms with E-state index in [9.17, 15) is 5.11 Å². The lowest BCUT2D eigenvalue weighted by Crippen LogP contribution is -2.54. The van der Waals surface area contributed by atoms with Crippen LogP contribution >= 0.6 is 15.9 Å². The number of rotatable bonds is 3. The molecule has 2 nitrogen and oxygen atoms in total. The Hall–Kier alpha value is -0.380. The highest BCUT2D eigenvalue weighted by Crippen LogP contribution is 2.62. The molecule has 0 amide bonds. The van der Waals surface area contributed by atoms with Gasteiger partial charge in [0.2, 0.25) is 0 Å². The van der Waals surface area contributed by atoms with Crippen LogP contribution < -0.4 is 0 Å². The van der Waals surface area contributed by atoms with Crippen molar-refractivity contribution >= 4 is 15.9 Å². The summed E-state index contributed by atoms with van der Waals surface area (Å²) in [6.07, 6.45) is 2.26. The molecule has 1 aliphatic heterocycles. The molecule has 1 aromatic rings. The maximum Gasteiger partial charge on any atom is 0.0591 e. The topological polar surface area (TPSA) is 29.5 Å². The van der Waals surface area contributed by atoms with Crippen LogP contribution in [0.25, 0.3) is 0 Å². The maximum atomic E-state index is 9.61. The Morgan fingerprint density at radius 2 is 1.81 bits per heavy atom. The predicted molar refractivity (Wildman–Crippen MR) is 65.4 cm³/mol. The molecule has 1 N–H and O–H groups in total. The van der Waals surface area contributed by atoms with Crippen LogP contribution in [0.2, 0.25) is 0 Å². The fraction of sp³-hybridized carbons (Fsp3) is 0.538. The first-order valence-corrected chi connectivity index (χ1v) is 6.46. The fourth-order valence-electron chi connectivity index (χ4n) is 2.79. The van der Waals surface area contributed by atoms with Crippen LogP contribution in [-0.4, -0.2) is 24.9 Å². The molecule has 1 saturated heterocycles. The number of aliphatic hydroxyl groups excluding tert-OH is 1. The van der Waals surface area contributed by atoms with Crippen LogP contribution in [0, 0.1) is 5.41 Å². The average molecular weight is 283 g/mol. The highest BCUT2D eigenvalue weighted by atomic mass is 79.9. The number of benzene rings is 1. The summed E-state index contributed by atoms with van der Waals surface area (Å²) in [4.78, 5) is 0. The van der Waals surface area contributed by atoms with E-state index in [0.29, 0.717) is 0 Å². The van der Waals surface area contributed by atoms with Gasteiger partial charge in [-0.15, -0.1) is 0 Å². The van der Waals surface area contributed by atoms with Crippen molar-refractivity contribution < 1.29 is 9.84 Å². The van der Waals surface area contributed by atoms with Crippen LogP contribution in [0.1, 0.15) is 18.4 Å². The van der Waals surface area contributed by atoms with Crippen LogP contribution in [0.5, 0.6) is 0 Å². The van der Waals surface area contributed by atoms with Crippen molar-refractivity contribution in [2.24, 2.45) is 5.41 Å². The van der Waals surface area contributed by atoms with Crippen molar-refractivity contribution in [1.29, 1.82) is 0 Å². The zero-order chi connectivity index (χ0) is 11.2. The number of hydrogen-bond acceptors (Lipinski definition) is 2.